The van der Waals surface area contributed by atoms with E-state index in [1.807, 2.05) is 37.4 Å². The van der Waals surface area contributed by atoms with E-state index in [1.54, 1.807) is 6.20 Å². The van der Waals surface area contributed by atoms with Crippen LogP contribution in [0.5, 0.6) is 0 Å². The summed E-state index contributed by atoms with van der Waals surface area (Å²) < 4.78 is 5.67. The van der Waals surface area contributed by atoms with E-state index < -0.39 is 6.10 Å². The van der Waals surface area contributed by atoms with Crippen LogP contribution in [0.15, 0.2) is 36.7 Å². The molecule has 0 saturated carbocycles. The van der Waals surface area contributed by atoms with Crippen molar-refractivity contribution in [1.82, 2.24) is 4.98 Å². The van der Waals surface area contributed by atoms with Crippen molar-refractivity contribution in [2.75, 3.05) is 6.61 Å². The molecule has 0 amide bonds. The molecule has 0 spiro atoms. The van der Waals surface area contributed by atoms with E-state index in [-0.39, 0.29) is 6.10 Å². The van der Waals surface area contributed by atoms with Gasteiger partial charge in [-0.2, -0.15) is 0 Å². The van der Waals surface area contributed by atoms with Crippen LogP contribution in [0, 0.1) is 0 Å². The van der Waals surface area contributed by atoms with Crippen molar-refractivity contribution in [3.8, 4) is 0 Å². The SMILES string of the molecule is CCCC(OCC)C(O)c1cncc2ccccc12. The lowest BCUT2D eigenvalue weighted by Gasteiger charge is -2.23. The molecule has 0 radical (unpaired) electrons. The van der Waals surface area contributed by atoms with Crippen molar-refractivity contribution in [3.63, 3.8) is 0 Å². The Balaban J connectivity index is 2.36. The topological polar surface area (TPSA) is 42.4 Å². The summed E-state index contributed by atoms with van der Waals surface area (Å²) in [5.41, 5.74) is 0.852. The van der Waals surface area contributed by atoms with E-state index in [4.69, 9.17) is 4.74 Å². The molecule has 0 aliphatic carbocycles. The molecular formula is C16H21NO2. The predicted molar refractivity (Wildman–Crippen MR) is 77.0 cm³/mol. The lowest BCUT2D eigenvalue weighted by Crippen LogP contribution is -2.22. The molecule has 0 aliphatic heterocycles. The molecule has 0 aliphatic rings. The van der Waals surface area contributed by atoms with Gasteiger partial charge in [-0.05, 0) is 18.7 Å². The minimum Gasteiger partial charge on any atom is -0.386 e. The van der Waals surface area contributed by atoms with Crippen molar-refractivity contribution < 1.29 is 9.84 Å². The summed E-state index contributed by atoms with van der Waals surface area (Å²) in [6, 6.07) is 7.98. The molecule has 2 rings (SSSR count). The Hall–Kier alpha value is -1.45. The first-order chi connectivity index (χ1) is 9.27. The lowest BCUT2D eigenvalue weighted by molar-refractivity contribution is -0.0379. The van der Waals surface area contributed by atoms with Crippen LogP contribution >= 0.6 is 0 Å². The second-order valence-corrected chi connectivity index (χ2v) is 4.68. The third-order valence-corrected chi connectivity index (χ3v) is 3.32. The summed E-state index contributed by atoms with van der Waals surface area (Å²) in [6.07, 6.45) is 4.61. The number of aliphatic hydroxyl groups is 1. The van der Waals surface area contributed by atoms with E-state index in [1.165, 1.54) is 0 Å². The van der Waals surface area contributed by atoms with Crippen LogP contribution in [0.2, 0.25) is 0 Å². The Morgan fingerprint density at radius 3 is 2.74 bits per heavy atom. The summed E-state index contributed by atoms with van der Waals surface area (Å²) in [5.74, 6) is 0. The zero-order valence-electron chi connectivity index (χ0n) is 11.5. The van der Waals surface area contributed by atoms with Crippen LogP contribution in [0.25, 0.3) is 10.8 Å². The number of nitrogens with zero attached hydrogens (tertiary/aromatic N) is 1. The molecule has 0 saturated heterocycles. The molecule has 3 nitrogen and oxygen atoms in total. The highest BCUT2D eigenvalue weighted by atomic mass is 16.5. The summed E-state index contributed by atoms with van der Waals surface area (Å²) in [4.78, 5) is 4.22. The Kier molecular flexibility index (Phi) is 4.88. The first-order valence-corrected chi connectivity index (χ1v) is 6.90. The van der Waals surface area contributed by atoms with Gasteiger partial charge in [0, 0.05) is 30.0 Å². The van der Waals surface area contributed by atoms with E-state index >= 15 is 0 Å². The third kappa shape index (κ3) is 3.11. The van der Waals surface area contributed by atoms with Crippen molar-refractivity contribution in [2.45, 2.75) is 38.9 Å². The van der Waals surface area contributed by atoms with Crippen molar-refractivity contribution in [2.24, 2.45) is 0 Å². The van der Waals surface area contributed by atoms with Crippen molar-refractivity contribution >= 4 is 10.8 Å². The number of aliphatic hydroxyl groups excluding tert-OH is 1. The molecule has 0 bridgehead atoms. The van der Waals surface area contributed by atoms with Crippen LogP contribution in [-0.4, -0.2) is 22.8 Å². The number of pyridine rings is 1. The average Bonchev–Trinajstić information content (AvgIpc) is 2.46. The Labute approximate surface area is 114 Å². The molecule has 102 valence electrons. The number of ether oxygens (including phenoxy) is 1. The van der Waals surface area contributed by atoms with Gasteiger partial charge in [-0.15, -0.1) is 0 Å². The summed E-state index contributed by atoms with van der Waals surface area (Å²) >= 11 is 0. The zero-order chi connectivity index (χ0) is 13.7. The number of fused-ring (bicyclic) bond motifs is 1. The summed E-state index contributed by atoms with van der Waals surface area (Å²) in [5, 5.41) is 12.7. The quantitative estimate of drug-likeness (QED) is 0.863. The number of hydrogen-bond acceptors (Lipinski definition) is 3. The molecule has 1 heterocycles. The molecule has 2 atom stereocenters. The Morgan fingerprint density at radius 2 is 2.00 bits per heavy atom. The van der Waals surface area contributed by atoms with Gasteiger partial charge >= 0.3 is 0 Å². The van der Waals surface area contributed by atoms with Gasteiger partial charge < -0.3 is 9.84 Å². The van der Waals surface area contributed by atoms with Gasteiger partial charge in [-0.3, -0.25) is 4.98 Å². The van der Waals surface area contributed by atoms with E-state index in [2.05, 4.69) is 11.9 Å². The summed E-state index contributed by atoms with van der Waals surface area (Å²) in [7, 11) is 0. The minimum absolute atomic E-state index is 0.164. The molecule has 1 N–H and O–H groups in total. The highest BCUT2D eigenvalue weighted by Crippen LogP contribution is 2.28. The fourth-order valence-corrected chi connectivity index (χ4v) is 2.41. The average molecular weight is 259 g/mol. The van der Waals surface area contributed by atoms with Crippen molar-refractivity contribution in [1.29, 1.82) is 0 Å². The molecule has 19 heavy (non-hydrogen) atoms. The first kappa shape index (κ1) is 14.0. The normalized spacial score (nSPS) is 14.5. The molecule has 2 unspecified atom stereocenters. The standard InChI is InChI=1S/C16H21NO2/c1-3-7-15(19-4-2)16(18)14-11-17-10-12-8-5-6-9-13(12)14/h5-6,8-11,15-16,18H,3-4,7H2,1-2H3. The maximum absolute atomic E-state index is 10.6. The fraction of sp³-hybridized carbons (Fsp3) is 0.438. The van der Waals surface area contributed by atoms with E-state index in [0.717, 1.165) is 29.2 Å². The largest absolute Gasteiger partial charge is 0.386 e. The monoisotopic (exact) mass is 259 g/mol. The molecular weight excluding hydrogens is 238 g/mol. The number of rotatable bonds is 6. The maximum atomic E-state index is 10.6. The van der Waals surface area contributed by atoms with Crippen LogP contribution in [0.3, 0.4) is 0 Å². The third-order valence-electron chi connectivity index (χ3n) is 3.32. The highest BCUT2D eigenvalue weighted by Gasteiger charge is 2.22. The summed E-state index contributed by atoms with van der Waals surface area (Å²) in [6.45, 7) is 4.66. The van der Waals surface area contributed by atoms with E-state index in [0.29, 0.717) is 6.61 Å². The smallest absolute Gasteiger partial charge is 0.107 e. The minimum atomic E-state index is -0.626. The molecule has 0 fully saturated rings. The molecule has 1 aromatic carbocycles. The zero-order valence-corrected chi connectivity index (χ0v) is 11.5. The van der Waals surface area contributed by atoms with Gasteiger partial charge in [0.15, 0.2) is 0 Å². The Morgan fingerprint density at radius 1 is 1.21 bits per heavy atom. The highest BCUT2D eigenvalue weighted by molar-refractivity contribution is 5.84. The molecule has 1 aromatic heterocycles. The first-order valence-electron chi connectivity index (χ1n) is 6.90. The number of hydrogen-bond donors (Lipinski definition) is 1. The number of benzene rings is 1. The maximum Gasteiger partial charge on any atom is 0.107 e. The second kappa shape index (κ2) is 6.64. The second-order valence-electron chi connectivity index (χ2n) is 4.68. The van der Waals surface area contributed by atoms with Gasteiger partial charge in [0.05, 0.1) is 6.10 Å². The van der Waals surface area contributed by atoms with Gasteiger partial charge in [-0.1, -0.05) is 37.6 Å². The fourth-order valence-electron chi connectivity index (χ4n) is 2.41. The van der Waals surface area contributed by atoms with E-state index in [9.17, 15) is 5.11 Å². The van der Waals surface area contributed by atoms with Crippen LogP contribution in [0.1, 0.15) is 38.4 Å². The lowest BCUT2D eigenvalue weighted by atomic mass is 9.97. The molecule has 2 aromatic rings. The molecule has 3 heteroatoms. The predicted octanol–water partition coefficient (Wildman–Crippen LogP) is 3.47. The van der Waals surface area contributed by atoms with Gasteiger partial charge in [0.1, 0.15) is 6.10 Å². The van der Waals surface area contributed by atoms with Crippen LogP contribution in [0.4, 0.5) is 0 Å². The van der Waals surface area contributed by atoms with Crippen LogP contribution in [-0.2, 0) is 4.74 Å². The van der Waals surface area contributed by atoms with Gasteiger partial charge in [0.2, 0.25) is 0 Å². The van der Waals surface area contributed by atoms with Crippen LogP contribution < -0.4 is 0 Å². The Bertz CT molecular complexity index is 516. The van der Waals surface area contributed by atoms with Gasteiger partial charge in [-0.25, -0.2) is 0 Å². The van der Waals surface area contributed by atoms with Gasteiger partial charge in [0.25, 0.3) is 0 Å². The number of aromatic nitrogens is 1. The van der Waals surface area contributed by atoms with Crippen molar-refractivity contribution in [3.05, 3.63) is 42.2 Å².